The lowest BCUT2D eigenvalue weighted by Crippen LogP contribution is -2.32. The SMILES string of the molecule is Cc1ccc2c(c1)n(CC(N)=O)c(=O)n2CC(N)=O. The quantitative estimate of drug-likeness (QED) is 0.742. The standard InChI is InChI=1S/C12H14N4O3/c1-7-2-3-8-9(4-7)16(6-11(14)18)12(19)15(8)5-10(13)17/h2-4H,5-6H2,1H3,(H2,13,17)(H2,14,18). The minimum atomic E-state index is -0.624. The highest BCUT2D eigenvalue weighted by atomic mass is 16.2. The van der Waals surface area contributed by atoms with Crippen LogP contribution in [0.4, 0.5) is 0 Å². The van der Waals surface area contributed by atoms with Crippen molar-refractivity contribution in [1.29, 1.82) is 0 Å². The number of hydrogen-bond donors (Lipinski definition) is 2. The fraction of sp³-hybridized carbons (Fsp3) is 0.250. The molecule has 0 spiro atoms. The van der Waals surface area contributed by atoms with E-state index in [4.69, 9.17) is 11.5 Å². The van der Waals surface area contributed by atoms with Crippen molar-refractivity contribution >= 4 is 22.8 Å². The summed E-state index contributed by atoms with van der Waals surface area (Å²) in [5.41, 5.74) is 11.8. The van der Waals surface area contributed by atoms with Crippen molar-refractivity contribution in [1.82, 2.24) is 9.13 Å². The zero-order valence-corrected chi connectivity index (χ0v) is 10.4. The lowest BCUT2D eigenvalue weighted by molar-refractivity contribution is -0.119. The average Bonchev–Trinajstić information content (AvgIpc) is 2.53. The molecule has 1 aromatic heterocycles. The summed E-state index contributed by atoms with van der Waals surface area (Å²) in [4.78, 5) is 34.2. The van der Waals surface area contributed by atoms with Crippen molar-refractivity contribution < 1.29 is 9.59 Å². The van der Waals surface area contributed by atoms with E-state index in [1.165, 1.54) is 9.13 Å². The Morgan fingerprint density at radius 1 is 1.05 bits per heavy atom. The Hall–Kier alpha value is -2.57. The van der Waals surface area contributed by atoms with Gasteiger partial charge in [0.1, 0.15) is 13.1 Å². The Bertz CT molecular complexity index is 726. The Balaban J connectivity index is 2.75. The summed E-state index contributed by atoms with van der Waals surface area (Å²) >= 11 is 0. The highest BCUT2D eigenvalue weighted by Crippen LogP contribution is 2.15. The van der Waals surface area contributed by atoms with Crippen molar-refractivity contribution in [2.45, 2.75) is 20.0 Å². The molecule has 0 aliphatic rings. The van der Waals surface area contributed by atoms with E-state index in [1.54, 1.807) is 12.1 Å². The Morgan fingerprint density at radius 2 is 1.58 bits per heavy atom. The number of fused-ring (bicyclic) bond motifs is 1. The first kappa shape index (κ1) is 12.9. The number of nitrogens with two attached hydrogens (primary N) is 2. The largest absolute Gasteiger partial charge is 0.368 e. The summed E-state index contributed by atoms with van der Waals surface area (Å²) in [6.07, 6.45) is 0. The van der Waals surface area contributed by atoms with Crippen LogP contribution in [-0.2, 0) is 22.7 Å². The predicted molar refractivity (Wildman–Crippen MR) is 69.3 cm³/mol. The van der Waals surface area contributed by atoms with Crippen LogP contribution in [0.15, 0.2) is 23.0 Å². The number of hydrogen-bond acceptors (Lipinski definition) is 3. The van der Waals surface area contributed by atoms with Crippen molar-refractivity contribution in [3.63, 3.8) is 0 Å². The van der Waals surface area contributed by atoms with Gasteiger partial charge in [-0.15, -0.1) is 0 Å². The number of aryl methyl sites for hydroxylation is 1. The molecule has 0 radical (unpaired) electrons. The molecule has 0 atom stereocenters. The summed E-state index contributed by atoms with van der Waals surface area (Å²) in [5, 5.41) is 0. The second kappa shape index (κ2) is 4.60. The maximum absolute atomic E-state index is 12.2. The first-order chi connectivity index (χ1) is 8.90. The number of aromatic nitrogens is 2. The van der Waals surface area contributed by atoms with Gasteiger partial charge >= 0.3 is 5.69 Å². The summed E-state index contributed by atoms with van der Waals surface area (Å²) in [5.74, 6) is -1.25. The van der Waals surface area contributed by atoms with Gasteiger partial charge in [-0.25, -0.2) is 4.79 Å². The van der Waals surface area contributed by atoms with Gasteiger partial charge in [-0.05, 0) is 24.6 Å². The number of primary amides is 2. The van der Waals surface area contributed by atoms with Crippen LogP contribution in [0.5, 0.6) is 0 Å². The van der Waals surface area contributed by atoms with Crippen molar-refractivity contribution in [3.8, 4) is 0 Å². The third-order valence-electron chi connectivity index (χ3n) is 2.80. The third-order valence-corrected chi connectivity index (χ3v) is 2.80. The summed E-state index contributed by atoms with van der Waals surface area (Å²) < 4.78 is 2.48. The minimum Gasteiger partial charge on any atom is -0.368 e. The van der Waals surface area contributed by atoms with Gasteiger partial charge in [0.05, 0.1) is 11.0 Å². The van der Waals surface area contributed by atoms with E-state index in [0.717, 1.165) is 5.56 Å². The number of carbonyl (C=O) groups excluding carboxylic acids is 2. The van der Waals surface area contributed by atoms with Gasteiger partial charge in [-0.1, -0.05) is 6.07 Å². The first-order valence-corrected chi connectivity index (χ1v) is 5.66. The molecule has 7 heteroatoms. The van der Waals surface area contributed by atoms with E-state index in [1.807, 2.05) is 13.0 Å². The Morgan fingerprint density at radius 3 is 2.11 bits per heavy atom. The smallest absolute Gasteiger partial charge is 0.330 e. The molecular weight excluding hydrogens is 248 g/mol. The molecule has 4 N–H and O–H groups in total. The van der Waals surface area contributed by atoms with Gasteiger partial charge < -0.3 is 11.5 Å². The number of carbonyl (C=O) groups is 2. The highest BCUT2D eigenvalue weighted by molar-refractivity contribution is 5.82. The Labute approximate surface area is 108 Å². The molecule has 2 aromatic rings. The third kappa shape index (κ3) is 2.35. The van der Waals surface area contributed by atoms with Gasteiger partial charge in [0, 0.05) is 0 Å². The zero-order valence-electron chi connectivity index (χ0n) is 10.4. The highest BCUT2D eigenvalue weighted by Gasteiger charge is 2.15. The predicted octanol–water partition coefficient (Wildman–Crippen LogP) is -0.918. The maximum atomic E-state index is 12.2. The zero-order chi connectivity index (χ0) is 14.2. The van der Waals surface area contributed by atoms with Gasteiger partial charge in [-0.2, -0.15) is 0 Å². The van der Waals surface area contributed by atoms with E-state index in [-0.39, 0.29) is 13.1 Å². The van der Waals surface area contributed by atoms with Gasteiger partial charge in [0.25, 0.3) is 0 Å². The molecule has 0 saturated heterocycles. The molecule has 0 aliphatic heterocycles. The monoisotopic (exact) mass is 262 g/mol. The van der Waals surface area contributed by atoms with Crippen molar-refractivity contribution in [2.75, 3.05) is 0 Å². The molecule has 1 aromatic carbocycles. The molecular formula is C12H14N4O3. The first-order valence-electron chi connectivity index (χ1n) is 5.66. The molecule has 0 aliphatic carbocycles. The number of nitrogens with zero attached hydrogens (tertiary/aromatic N) is 2. The molecule has 0 fully saturated rings. The lowest BCUT2D eigenvalue weighted by atomic mass is 10.2. The number of amides is 2. The summed E-state index contributed by atoms with van der Waals surface area (Å²) in [6.45, 7) is 1.40. The lowest BCUT2D eigenvalue weighted by Gasteiger charge is -2.00. The summed E-state index contributed by atoms with van der Waals surface area (Å²) in [6, 6.07) is 5.29. The van der Waals surface area contributed by atoms with Gasteiger partial charge in [0.2, 0.25) is 11.8 Å². The molecule has 1 heterocycles. The number of rotatable bonds is 4. The van der Waals surface area contributed by atoms with Crippen LogP contribution in [0.25, 0.3) is 11.0 Å². The van der Waals surface area contributed by atoms with Gasteiger partial charge in [-0.3, -0.25) is 18.7 Å². The van der Waals surface area contributed by atoms with Crippen LogP contribution >= 0.6 is 0 Å². The van der Waals surface area contributed by atoms with Crippen LogP contribution in [0, 0.1) is 6.92 Å². The second-order valence-corrected chi connectivity index (χ2v) is 4.38. The normalized spacial score (nSPS) is 10.8. The molecule has 0 bridgehead atoms. The van der Waals surface area contributed by atoms with E-state index in [2.05, 4.69) is 0 Å². The van der Waals surface area contributed by atoms with Crippen LogP contribution in [0.2, 0.25) is 0 Å². The number of imidazole rings is 1. The van der Waals surface area contributed by atoms with Crippen LogP contribution in [-0.4, -0.2) is 20.9 Å². The maximum Gasteiger partial charge on any atom is 0.330 e. The average molecular weight is 262 g/mol. The van der Waals surface area contributed by atoms with Crippen LogP contribution in [0.1, 0.15) is 5.56 Å². The fourth-order valence-electron chi connectivity index (χ4n) is 2.05. The van der Waals surface area contributed by atoms with Crippen molar-refractivity contribution in [2.24, 2.45) is 11.5 Å². The Kier molecular flexibility index (Phi) is 3.12. The molecule has 2 rings (SSSR count). The second-order valence-electron chi connectivity index (χ2n) is 4.38. The van der Waals surface area contributed by atoms with Crippen LogP contribution in [0.3, 0.4) is 0 Å². The van der Waals surface area contributed by atoms with Gasteiger partial charge in [0.15, 0.2) is 0 Å². The summed E-state index contributed by atoms with van der Waals surface area (Å²) in [7, 11) is 0. The van der Waals surface area contributed by atoms with E-state index in [0.29, 0.717) is 11.0 Å². The minimum absolute atomic E-state index is 0.232. The van der Waals surface area contributed by atoms with E-state index >= 15 is 0 Å². The number of benzene rings is 1. The van der Waals surface area contributed by atoms with Crippen molar-refractivity contribution in [3.05, 3.63) is 34.2 Å². The molecule has 0 unspecified atom stereocenters. The van der Waals surface area contributed by atoms with E-state index in [9.17, 15) is 14.4 Å². The van der Waals surface area contributed by atoms with Crippen LogP contribution < -0.4 is 17.2 Å². The molecule has 7 nitrogen and oxygen atoms in total. The topological polar surface area (TPSA) is 113 Å². The molecule has 0 saturated carbocycles. The molecule has 2 amide bonds. The van der Waals surface area contributed by atoms with E-state index < -0.39 is 17.5 Å². The fourth-order valence-corrected chi connectivity index (χ4v) is 2.05. The molecule has 100 valence electrons. The molecule has 19 heavy (non-hydrogen) atoms.